The Balaban J connectivity index is 1.87. The lowest BCUT2D eigenvalue weighted by atomic mass is 10.3. The highest BCUT2D eigenvalue weighted by Crippen LogP contribution is 2.26. The monoisotopic (exact) mass is 366 g/mol. The summed E-state index contributed by atoms with van der Waals surface area (Å²) in [6.07, 6.45) is 0. The summed E-state index contributed by atoms with van der Waals surface area (Å²) in [7, 11) is -1.04. The van der Waals surface area contributed by atoms with E-state index < -0.39 is 15.8 Å². The van der Waals surface area contributed by atoms with Crippen LogP contribution in [0.3, 0.4) is 0 Å². The summed E-state index contributed by atoms with van der Waals surface area (Å²) in [5.41, 5.74) is 0.832. The molecule has 2 aromatic carbocycles. The largest absolute Gasteiger partial charge is 0.494 e. The van der Waals surface area contributed by atoms with Gasteiger partial charge in [-0.15, -0.1) is 11.3 Å². The van der Waals surface area contributed by atoms with E-state index in [1.165, 1.54) is 37.6 Å². The Bertz CT molecular complexity index is 953. The number of rotatable bonds is 5. The van der Waals surface area contributed by atoms with Gasteiger partial charge in [0.1, 0.15) is 5.01 Å². The smallest absolute Gasteiger partial charge is 0.243 e. The van der Waals surface area contributed by atoms with Gasteiger partial charge in [-0.25, -0.2) is 17.8 Å². The van der Waals surface area contributed by atoms with Gasteiger partial charge in [0.2, 0.25) is 10.0 Å². The van der Waals surface area contributed by atoms with Crippen LogP contribution < -0.4 is 4.74 Å². The second-order valence-corrected chi connectivity index (χ2v) is 8.29. The Morgan fingerprint density at radius 2 is 2.00 bits per heavy atom. The van der Waals surface area contributed by atoms with Crippen molar-refractivity contribution in [3.63, 3.8) is 0 Å². The molecule has 3 rings (SSSR count). The topological polar surface area (TPSA) is 59.5 Å². The molecule has 0 atom stereocenters. The third kappa shape index (κ3) is 3.12. The van der Waals surface area contributed by atoms with Gasteiger partial charge >= 0.3 is 0 Å². The maximum absolute atomic E-state index is 13.8. The normalized spacial score (nSPS) is 12.0. The molecule has 8 heteroatoms. The maximum atomic E-state index is 13.8. The third-order valence-corrected chi connectivity index (χ3v) is 6.35. The molecule has 0 aliphatic rings. The number of aromatic nitrogens is 1. The Kier molecular flexibility index (Phi) is 4.53. The first-order valence-corrected chi connectivity index (χ1v) is 9.32. The van der Waals surface area contributed by atoms with E-state index in [-0.39, 0.29) is 17.2 Å². The van der Waals surface area contributed by atoms with Gasteiger partial charge in [-0.05, 0) is 30.3 Å². The van der Waals surface area contributed by atoms with Crippen LogP contribution >= 0.6 is 11.3 Å². The van der Waals surface area contributed by atoms with Crippen LogP contribution in [-0.2, 0) is 16.6 Å². The molecule has 1 heterocycles. The van der Waals surface area contributed by atoms with Crippen molar-refractivity contribution < 1.29 is 17.5 Å². The lowest BCUT2D eigenvalue weighted by Gasteiger charge is -2.16. The van der Waals surface area contributed by atoms with Crippen LogP contribution in [0.4, 0.5) is 4.39 Å². The highest BCUT2D eigenvalue weighted by atomic mass is 32.2. The van der Waals surface area contributed by atoms with Crippen molar-refractivity contribution >= 4 is 31.6 Å². The number of sulfonamides is 1. The highest BCUT2D eigenvalue weighted by Gasteiger charge is 2.23. The highest BCUT2D eigenvalue weighted by molar-refractivity contribution is 7.89. The molecular formula is C16H15FN2O3S2. The molecule has 0 N–H and O–H groups in total. The van der Waals surface area contributed by atoms with Crippen molar-refractivity contribution in [1.29, 1.82) is 0 Å². The van der Waals surface area contributed by atoms with Gasteiger partial charge in [0.05, 0.1) is 28.8 Å². The SMILES string of the molecule is COc1ccc(S(=O)(=O)N(C)Cc2nc3ccccc3s2)cc1F. The van der Waals surface area contributed by atoms with Crippen molar-refractivity contribution in [2.45, 2.75) is 11.4 Å². The predicted octanol–water partition coefficient (Wildman–Crippen LogP) is 3.26. The first-order chi connectivity index (χ1) is 11.4. The molecule has 0 bridgehead atoms. The molecule has 0 unspecified atom stereocenters. The molecule has 126 valence electrons. The summed E-state index contributed by atoms with van der Waals surface area (Å²) in [6.45, 7) is 0.120. The van der Waals surface area contributed by atoms with Crippen LogP contribution in [-0.4, -0.2) is 31.9 Å². The fourth-order valence-corrected chi connectivity index (χ4v) is 4.50. The molecule has 0 aliphatic heterocycles. The quantitative estimate of drug-likeness (QED) is 0.695. The Morgan fingerprint density at radius 1 is 1.25 bits per heavy atom. The molecule has 0 fully saturated rings. The molecule has 0 saturated heterocycles. The maximum Gasteiger partial charge on any atom is 0.243 e. The van der Waals surface area contributed by atoms with Gasteiger partial charge in [0.25, 0.3) is 0 Å². The lowest BCUT2D eigenvalue weighted by Crippen LogP contribution is -2.26. The van der Waals surface area contributed by atoms with Gasteiger partial charge in [0.15, 0.2) is 11.6 Å². The van der Waals surface area contributed by atoms with Crippen molar-refractivity contribution in [3.8, 4) is 5.75 Å². The number of methoxy groups -OCH3 is 1. The summed E-state index contributed by atoms with van der Waals surface area (Å²) in [4.78, 5) is 4.30. The van der Waals surface area contributed by atoms with E-state index in [0.717, 1.165) is 20.6 Å². The molecule has 0 radical (unpaired) electrons. The Hall–Kier alpha value is -2.03. The van der Waals surface area contributed by atoms with E-state index in [1.54, 1.807) is 0 Å². The van der Waals surface area contributed by atoms with E-state index in [0.29, 0.717) is 5.01 Å². The summed E-state index contributed by atoms with van der Waals surface area (Å²) < 4.78 is 46.0. The van der Waals surface area contributed by atoms with Crippen molar-refractivity contribution in [3.05, 3.63) is 53.3 Å². The molecule has 0 saturated carbocycles. The number of thiazole rings is 1. The van der Waals surface area contributed by atoms with Crippen LogP contribution in [0.25, 0.3) is 10.2 Å². The van der Waals surface area contributed by atoms with Gasteiger partial charge in [-0.2, -0.15) is 4.31 Å². The third-order valence-electron chi connectivity index (χ3n) is 3.53. The minimum Gasteiger partial charge on any atom is -0.494 e. The molecule has 1 aromatic heterocycles. The number of fused-ring (bicyclic) bond motifs is 1. The van der Waals surface area contributed by atoms with E-state index >= 15 is 0 Å². The molecule has 5 nitrogen and oxygen atoms in total. The van der Waals surface area contributed by atoms with E-state index in [4.69, 9.17) is 4.74 Å². The van der Waals surface area contributed by atoms with Gasteiger partial charge in [0, 0.05) is 7.05 Å². The fourth-order valence-electron chi connectivity index (χ4n) is 2.25. The van der Waals surface area contributed by atoms with Crippen LogP contribution in [0.2, 0.25) is 0 Å². The average Bonchev–Trinajstić information content (AvgIpc) is 2.96. The summed E-state index contributed by atoms with van der Waals surface area (Å²) >= 11 is 1.43. The van der Waals surface area contributed by atoms with Crippen molar-refractivity contribution in [2.75, 3.05) is 14.2 Å². The molecule has 24 heavy (non-hydrogen) atoms. The zero-order chi connectivity index (χ0) is 17.3. The number of nitrogens with zero attached hydrogens (tertiary/aromatic N) is 2. The average molecular weight is 366 g/mol. The molecule has 3 aromatic rings. The van der Waals surface area contributed by atoms with Gasteiger partial charge < -0.3 is 4.74 Å². The van der Waals surface area contributed by atoms with Crippen molar-refractivity contribution in [1.82, 2.24) is 9.29 Å². The number of hydrogen-bond donors (Lipinski definition) is 0. The number of benzene rings is 2. The second-order valence-electron chi connectivity index (χ2n) is 5.13. The van der Waals surface area contributed by atoms with Gasteiger partial charge in [-0.1, -0.05) is 12.1 Å². The van der Waals surface area contributed by atoms with E-state index in [1.807, 2.05) is 24.3 Å². The number of para-hydroxylation sites is 1. The number of hydrogen-bond acceptors (Lipinski definition) is 5. The lowest BCUT2D eigenvalue weighted by molar-refractivity contribution is 0.385. The minimum absolute atomic E-state index is 0.00257. The van der Waals surface area contributed by atoms with Gasteiger partial charge in [-0.3, -0.25) is 0 Å². The molecule has 0 aliphatic carbocycles. The van der Waals surface area contributed by atoms with Crippen LogP contribution in [0.1, 0.15) is 5.01 Å². The zero-order valence-electron chi connectivity index (χ0n) is 13.1. The van der Waals surface area contributed by atoms with Crippen LogP contribution in [0.5, 0.6) is 5.75 Å². The minimum atomic E-state index is -3.82. The fraction of sp³-hybridized carbons (Fsp3) is 0.188. The van der Waals surface area contributed by atoms with E-state index in [9.17, 15) is 12.8 Å². The van der Waals surface area contributed by atoms with E-state index in [2.05, 4.69) is 4.98 Å². The zero-order valence-corrected chi connectivity index (χ0v) is 14.7. The predicted molar refractivity (Wildman–Crippen MR) is 91.2 cm³/mol. The van der Waals surface area contributed by atoms with Crippen molar-refractivity contribution in [2.24, 2.45) is 0 Å². The van der Waals surface area contributed by atoms with Crippen LogP contribution in [0, 0.1) is 5.82 Å². The molecular weight excluding hydrogens is 351 g/mol. The summed E-state index contributed by atoms with van der Waals surface area (Å²) in [6, 6.07) is 11.2. The Labute approximate surface area is 143 Å². The van der Waals surface area contributed by atoms with Crippen LogP contribution in [0.15, 0.2) is 47.4 Å². The number of ether oxygens (including phenoxy) is 1. The summed E-state index contributed by atoms with van der Waals surface area (Å²) in [5.74, 6) is -0.713. The first-order valence-electron chi connectivity index (χ1n) is 7.06. The second kappa shape index (κ2) is 6.46. The molecule has 0 amide bonds. The first kappa shape index (κ1) is 16.8. The summed E-state index contributed by atoms with van der Waals surface area (Å²) in [5, 5.41) is 0.677. The standard InChI is InChI=1S/C16H15FN2O3S2/c1-19(10-16-18-13-5-3-4-6-15(13)23-16)24(20,21)11-7-8-14(22-2)12(17)9-11/h3-9H,10H2,1-2H3. The number of halogens is 1. The Morgan fingerprint density at radius 3 is 2.67 bits per heavy atom. The molecule has 0 spiro atoms.